The first-order valence-corrected chi connectivity index (χ1v) is 17.8. The molecule has 0 fully saturated rings. The number of hydrogen-bond donors (Lipinski definition) is 2. The summed E-state index contributed by atoms with van der Waals surface area (Å²) in [6.45, 7) is 0.786. The summed E-state index contributed by atoms with van der Waals surface area (Å²) in [6.07, 6.45) is 1.29. The van der Waals surface area contributed by atoms with Gasteiger partial charge in [0, 0.05) is 22.0 Å². The fourth-order valence-corrected chi connectivity index (χ4v) is 9.35. The first-order chi connectivity index (χ1) is 20.9. The van der Waals surface area contributed by atoms with Crippen LogP contribution in [0, 0.1) is 0 Å². The molecule has 0 aliphatic carbocycles. The molecule has 0 spiro atoms. The Morgan fingerprint density at radius 3 is 1.27 bits per heavy atom. The van der Waals surface area contributed by atoms with Crippen LogP contribution in [-0.2, 0) is 32.9 Å². The zero-order valence-corrected chi connectivity index (χ0v) is 28.6. The second-order valence-electron chi connectivity index (χ2n) is 10.0. The van der Waals surface area contributed by atoms with Gasteiger partial charge in [0.2, 0.25) is 0 Å². The first-order valence-electron chi connectivity index (χ1n) is 13.4. The third-order valence-electron chi connectivity index (χ3n) is 7.33. The average molecular weight is 767 g/mol. The summed E-state index contributed by atoms with van der Waals surface area (Å²) in [7, 11) is -4.18. The van der Waals surface area contributed by atoms with Gasteiger partial charge >= 0.3 is 0 Å². The molecular formula is C30H30Br2N4O6S2. The molecule has 14 heteroatoms. The number of hydrogen-bond acceptors (Lipinski definition) is 8. The summed E-state index contributed by atoms with van der Waals surface area (Å²) in [6, 6.07) is 20.0. The molecule has 0 radical (unpaired) electrons. The van der Waals surface area contributed by atoms with E-state index >= 15 is 0 Å². The number of fused-ring (bicyclic) bond motifs is 2. The molecule has 0 bridgehead atoms. The van der Waals surface area contributed by atoms with E-state index in [2.05, 4.69) is 31.9 Å². The van der Waals surface area contributed by atoms with Crippen LogP contribution >= 0.6 is 31.9 Å². The summed E-state index contributed by atoms with van der Waals surface area (Å²) >= 11 is 6.77. The molecule has 0 saturated heterocycles. The minimum atomic E-state index is -3.63. The summed E-state index contributed by atoms with van der Waals surface area (Å²) in [5.74, 6) is 1.23. The molecule has 2 aliphatic rings. The predicted molar refractivity (Wildman–Crippen MR) is 180 cm³/mol. The van der Waals surface area contributed by atoms with Crippen LogP contribution < -0.4 is 29.6 Å². The van der Waals surface area contributed by atoms with E-state index in [4.69, 9.17) is 20.9 Å². The van der Waals surface area contributed by atoms with E-state index in [9.17, 15) is 16.8 Å². The van der Waals surface area contributed by atoms with E-state index in [0.717, 1.165) is 20.1 Å². The van der Waals surface area contributed by atoms with Crippen LogP contribution in [0.15, 0.2) is 91.5 Å². The predicted octanol–water partition coefficient (Wildman–Crippen LogP) is 5.58. The highest BCUT2D eigenvalue weighted by Gasteiger charge is 2.34. The third-order valence-corrected chi connectivity index (χ3v) is 11.9. The van der Waals surface area contributed by atoms with E-state index in [1.165, 1.54) is 8.61 Å². The Hall–Kier alpha value is -3.46. The van der Waals surface area contributed by atoms with E-state index < -0.39 is 20.0 Å². The molecule has 6 rings (SSSR count). The van der Waals surface area contributed by atoms with Crippen molar-refractivity contribution in [1.29, 1.82) is 0 Å². The quantitative estimate of drug-likeness (QED) is 0.242. The van der Waals surface area contributed by atoms with Gasteiger partial charge in [0.05, 0.1) is 46.8 Å². The van der Waals surface area contributed by atoms with Crippen molar-refractivity contribution in [3.8, 4) is 11.5 Å². The molecular weight excluding hydrogens is 736 g/mol. The van der Waals surface area contributed by atoms with Crippen molar-refractivity contribution in [2.75, 3.05) is 47.4 Å². The Morgan fingerprint density at radius 2 is 0.955 bits per heavy atom. The number of rotatable bonds is 6. The maximum Gasteiger partial charge on any atom is 0.264 e. The Morgan fingerprint density at radius 1 is 0.614 bits per heavy atom. The fraction of sp³-hybridized carbons (Fsp3) is 0.200. The van der Waals surface area contributed by atoms with Crippen LogP contribution in [0.4, 0.5) is 22.7 Å². The van der Waals surface area contributed by atoms with Gasteiger partial charge in [0.15, 0.2) is 0 Å². The highest BCUT2D eigenvalue weighted by Crippen LogP contribution is 2.41. The van der Waals surface area contributed by atoms with Gasteiger partial charge in [-0.3, -0.25) is 8.61 Å². The molecule has 2 aliphatic heterocycles. The molecule has 4 aromatic rings. The molecule has 0 aromatic heterocycles. The molecule has 0 atom stereocenters. The second kappa shape index (κ2) is 12.5. The van der Waals surface area contributed by atoms with Gasteiger partial charge in [-0.15, -0.1) is 0 Å². The van der Waals surface area contributed by atoms with Gasteiger partial charge in [0.25, 0.3) is 20.0 Å². The van der Waals surface area contributed by atoms with Crippen molar-refractivity contribution < 1.29 is 26.3 Å². The summed E-state index contributed by atoms with van der Waals surface area (Å²) < 4.78 is 66.0. The Balaban J connectivity index is 0.000000175. The van der Waals surface area contributed by atoms with Crippen molar-refractivity contribution in [3.05, 3.63) is 92.9 Å². The SMILES string of the molecule is COc1ccc(S(=O)(=O)N2CCc3cc(Br)cc(N)c32)cc1.COc1ccc(S(=O)(=O)N2CCc3cc(Br)cc(N)c32)cc1. The standard InChI is InChI=1S/2C15H15BrN2O3S/c2*1-21-12-2-4-13(5-3-12)22(19,20)18-7-6-10-8-11(16)9-14(17)15(10)18/h2*2-5,8-9H,6-7,17H2,1H3. The monoisotopic (exact) mass is 764 g/mol. The molecule has 4 aromatic carbocycles. The molecule has 2 heterocycles. The van der Waals surface area contributed by atoms with Crippen molar-refractivity contribution >= 4 is 74.7 Å². The smallest absolute Gasteiger partial charge is 0.264 e. The number of nitrogens with two attached hydrogens (primary N) is 2. The molecule has 4 N–H and O–H groups in total. The zero-order chi connectivity index (χ0) is 31.8. The number of methoxy groups -OCH3 is 2. The highest BCUT2D eigenvalue weighted by molar-refractivity contribution is 9.10. The summed E-state index contributed by atoms with van der Waals surface area (Å²) in [4.78, 5) is 0.451. The number of sulfonamides is 2. The molecule has 44 heavy (non-hydrogen) atoms. The number of ether oxygens (including phenoxy) is 2. The first kappa shape index (κ1) is 31.9. The minimum absolute atomic E-state index is 0.225. The van der Waals surface area contributed by atoms with Crippen LogP contribution in [0.5, 0.6) is 11.5 Å². The Kier molecular flexibility index (Phi) is 9.08. The molecule has 0 amide bonds. The maximum atomic E-state index is 12.9. The van der Waals surface area contributed by atoms with Crippen molar-refractivity contribution in [2.24, 2.45) is 0 Å². The number of halogens is 2. The van der Waals surface area contributed by atoms with Gasteiger partial charge in [-0.2, -0.15) is 0 Å². The summed E-state index contributed by atoms with van der Waals surface area (Å²) in [5.41, 5.74) is 16.0. The minimum Gasteiger partial charge on any atom is -0.497 e. The topological polar surface area (TPSA) is 145 Å². The normalized spacial score (nSPS) is 14.0. The lowest BCUT2D eigenvalue weighted by Gasteiger charge is -2.21. The second-order valence-corrected chi connectivity index (χ2v) is 15.6. The lowest BCUT2D eigenvalue weighted by molar-refractivity contribution is 0.414. The van der Waals surface area contributed by atoms with E-state index in [1.54, 1.807) is 74.9 Å². The van der Waals surface area contributed by atoms with Gasteiger partial charge in [-0.05, 0) is 96.8 Å². The lowest BCUT2D eigenvalue weighted by atomic mass is 10.1. The number of benzene rings is 4. The number of nitrogen functional groups attached to an aromatic ring is 2. The van der Waals surface area contributed by atoms with E-state index in [-0.39, 0.29) is 9.79 Å². The van der Waals surface area contributed by atoms with Gasteiger partial charge < -0.3 is 20.9 Å². The van der Waals surface area contributed by atoms with Gasteiger partial charge in [0.1, 0.15) is 11.5 Å². The molecule has 0 unspecified atom stereocenters. The lowest BCUT2D eigenvalue weighted by Crippen LogP contribution is -2.29. The number of anilines is 4. The van der Waals surface area contributed by atoms with Gasteiger partial charge in [-0.1, -0.05) is 31.9 Å². The van der Waals surface area contributed by atoms with Crippen LogP contribution in [0.1, 0.15) is 11.1 Å². The van der Waals surface area contributed by atoms with Crippen molar-refractivity contribution in [2.45, 2.75) is 22.6 Å². The van der Waals surface area contributed by atoms with Gasteiger partial charge in [-0.25, -0.2) is 16.8 Å². The molecule has 232 valence electrons. The van der Waals surface area contributed by atoms with Crippen LogP contribution in [0.25, 0.3) is 0 Å². The van der Waals surface area contributed by atoms with Crippen molar-refractivity contribution in [3.63, 3.8) is 0 Å². The van der Waals surface area contributed by atoms with Crippen molar-refractivity contribution in [1.82, 2.24) is 0 Å². The van der Waals surface area contributed by atoms with Crippen LogP contribution in [0.2, 0.25) is 0 Å². The Bertz CT molecular complexity index is 1780. The largest absolute Gasteiger partial charge is 0.497 e. The van der Waals surface area contributed by atoms with E-state index in [1.807, 2.05) is 12.1 Å². The van der Waals surface area contributed by atoms with Crippen LogP contribution in [-0.4, -0.2) is 44.1 Å². The average Bonchev–Trinajstić information content (AvgIpc) is 3.63. The Labute approximate surface area is 273 Å². The fourth-order valence-electron chi connectivity index (χ4n) is 5.25. The highest BCUT2D eigenvalue weighted by atomic mass is 79.9. The third kappa shape index (κ3) is 6.08. The molecule has 0 saturated carbocycles. The summed E-state index contributed by atoms with van der Waals surface area (Å²) in [5, 5.41) is 0. The zero-order valence-electron chi connectivity index (χ0n) is 23.8. The van der Waals surface area contributed by atoms with E-state index in [0.29, 0.717) is 60.2 Å². The number of nitrogens with zero attached hydrogens (tertiary/aromatic N) is 2. The maximum absolute atomic E-state index is 12.9. The molecule has 10 nitrogen and oxygen atoms in total. The van der Waals surface area contributed by atoms with Crippen LogP contribution in [0.3, 0.4) is 0 Å².